The van der Waals surface area contributed by atoms with Crippen molar-refractivity contribution in [3.8, 4) is 0 Å². The molecule has 1 fully saturated rings. The summed E-state index contributed by atoms with van der Waals surface area (Å²) >= 11 is 0. The molecule has 8 heteroatoms. The Bertz CT molecular complexity index is 923. The average Bonchev–Trinajstić information content (AvgIpc) is 3.23. The third kappa shape index (κ3) is 3.02. The zero-order chi connectivity index (χ0) is 17.4. The molecule has 1 saturated heterocycles. The number of carbonyl (C=O) groups excluding carboxylic acids is 1. The molecule has 1 amide bonds. The molecule has 0 unspecified atom stereocenters. The highest BCUT2D eigenvalue weighted by atomic mass is 16.2. The van der Waals surface area contributed by atoms with Crippen molar-refractivity contribution in [3.63, 3.8) is 0 Å². The molecule has 128 valence electrons. The van der Waals surface area contributed by atoms with Crippen LogP contribution >= 0.6 is 0 Å². The molecule has 25 heavy (non-hydrogen) atoms. The predicted octanol–water partition coefficient (Wildman–Crippen LogP) is 1.99. The second kappa shape index (κ2) is 6.12. The number of imidazole rings is 1. The van der Waals surface area contributed by atoms with Crippen LogP contribution in [0.1, 0.15) is 34.8 Å². The van der Waals surface area contributed by atoms with Crippen molar-refractivity contribution in [3.05, 3.63) is 41.6 Å². The van der Waals surface area contributed by atoms with Crippen molar-refractivity contribution >= 4 is 23.2 Å². The quantitative estimate of drug-likeness (QED) is 0.786. The van der Waals surface area contributed by atoms with Gasteiger partial charge in [0.25, 0.3) is 5.91 Å². The van der Waals surface area contributed by atoms with Gasteiger partial charge in [0.05, 0.1) is 6.20 Å². The van der Waals surface area contributed by atoms with Crippen LogP contribution in [0.5, 0.6) is 0 Å². The molecule has 3 aromatic heterocycles. The summed E-state index contributed by atoms with van der Waals surface area (Å²) in [5.74, 6) is 1.66. The number of aromatic nitrogens is 5. The van der Waals surface area contributed by atoms with E-state index in [9.17, 15) is 4.79 Å². The van der Waals surface area contributed by atoms with Gasteiger partial charge in [0.15, 0.2) is 11.3 Å². The second-order valence-corrected chi connectivity index (χ2v) is 6.20. The third-order valence-corrected chi connectivity index (χ3v) is 4.22. The van der Waals surface area contributed by atoms with E-state index >= 15 is 0 Å². The van der Waals surface area contributed by atoms with Crippen molar-refractivity contribution in [1.29, 1.82) is 0 Å². The topological polar surface area (TPSA) is 88.3 Å². The number of aryl methyl sites for hydroxylation is 2. The molecule has 4 rings (SSSR count). The first-order valence-corrected chi connectivity index (χ1v) is 8.33. The van der Waals surface area contributed by atoms with E-state index in [1.807, 2.05) is 19.1 Å². The number of nitrogens with one attached hydrogen (secondary N) is 1. The van der Waals surface area contributed by atoms with E-state index in [2.05, 4.69) is 30.3 Å². The SMILES string of the molecule is Cc1cc(NC(=O)c2cnc3ccc(N4CCCC4)nn23)nc(C)n1. The van der Waals surface area contributed by atoms with Crippen LogP contribution in [0.15, 0.2) is 24.4 Å². The number of hydrogen-bond acceptors (Lipinski definition) is 6. The van der Waals surface area contributed by atoms with Gasteiger partial charge < -0.3 is 10.2 Å². The zero-order valence-corrected chi connectivity index (χ0v) is 14.2. The van der Waals surface area contributed by atoms with Crippen molar-refractivity contribution in [2.45, 2.75) is 26.7 Å². The monoisotopic (exact) mass is 337 g/mol. The van der Waals surface area contributed by atoms with Crippen molar-refractivity contribution in [2.24, 2.45) is 0 Å². The first kappa shape index (κ1) is 15.5. The van der Waals surface area contributed by atoms with Crippen LogP contribution in [0.4, 0.5) is 11.6 Å². The molecule has 8 nitrogen and oxygen atoms in total. The van der Waals surface area contributed by atoms with Crippen molar-refractivity contribution in [2.75, 3.05) is 23.3 Å². The average molecular weight is 337 g/mol. The highest BCUT2D eigenvalue weighted by molar-refractivity contribution is 6.02. The molecule has 0 aliphatic carbocycles. The maximum Gasteiger partial charge on any atom is 0.277 e. The maximum absolute atomic E-state index is 12.7. The van der Waals surface area contributed by atoms with Gasteiger partial charge in [-0.05, 0) is 38.8 Å². The molecule has 0 saturated carbocycles. The highest BCUT2D eigenvalue weighted by Crippen LogP contribution is 2.19. The summed E-state index contributed by atoms with van der Waals surface area (Å²) in [4.78, 5) is 27.6. The minimum atomic E-state index is -0.295. The number of rotatable bonds is 3. The standard InChI is InChI=1S/C17H19N7O/c1-11-9-14(20-12(2)19-11)21-17(25)13-10-18-15-5-6-16(22-24(13)15)23-7-3-4-8-23/h5-6,9-10H,3-4,7-8H2,1-2H3,(H,19,20,21,25). The van der Waals surface area contributed by atoms with Gasteiger partial charge in [-0.25, -0.2) is 19.5 Å². The van der Waals surface area contributed by atoms with Crippen LogP contribution in [0.25, 0.3) is 5.65 Å². The van der Waals surface area contributed by atoms with Gasteiger partial charge in [-0.3, -0.25) is 4.79 Å². The zero-order valence-electron chi connectivity index (χ0n) is 14.2. The van der Waals surface area contributed by atoms with E-state index < -0.39 is 0 Å². The van der Waals surface area contributed by atoms with Gasteiger partial charge in [0.1, 0.15) is 17.5 Å². The summed E-state index contributed by atoms with van der Waals surface area (Å²) in [6.45, 7) is 5.64. The fourth-order valence-electron chi connectivity index (χ4n) is 3.09. The van der Waals surface area contributed by atoms with Crippen LogP contribution in [0.2, 0.25) is 0 Å². The summed E-state index contributed by atoms with van der Waals surface area (Å²) in [5.41, 5.74) is 1.82. The van der Waals surface area contributed by atoms with Gasteiger partial charge in [-0.2, -0.15) is 0 Å². The normalized spacial score (nSPS) is 14.2. The lowest BCUT2D eigenvalue weighted by molar-refractivity contribution is 0.102. The molecule has 1 aliphatic rings. The maximum atomic E-state index is 12.7. The smallest absolute Gasteiger partial charge is 0.277 e. The summed E-state index contributed by atoms with van der Waals surface area (Å²) in [5, 5.41) is 7.40. The van der Waals surface area contributed by atoms with E-state index in [-0.39, 0.29) is 5.91 Å². The highest BCUT2D eigenvalue weighted by Gasteiger charge is 2.18. The van der Waals surface area contributed by atoms with Gasteiger partial charge in [0, 0.05) is 24.8 Å². The Kier molecular flexibility index (Phi) is 3.79. The number of fused-ring (bicyclic) bond motifs is 1. The largest absolute Gasteiger partial charge is 0.355 e. The molecule has 0 spiro atoms. The summed E-state index contributed by atoms with van der Waals surface area (Å²) in [6.07, 6.45) is 3.87. The first-order chi connectivity index (χ1) is 12.1. The molecule has 1 N–H and O–H groups in total. The lowest BCUT2D eigenvalue weighted by atomic mass is 10.4. The Morgan fingerprint density at radius 3 is 2.72 bits per heavy atom. The molecule has 0 bridgehead atoms. The molecule has 0 radical (unpaired) electrons. The number of nitrogens with zero attached hydrogens (tertiary/aromatic N) is 6. The van der Waals surface area contributed by atoms with Crippen LogP contribution in [-0.4, -0.2) is 43.6 Å². The Morgan fingerprint density at radius 2 is 1.96 bits per heavy atom. The summed E-state index contributed by atoms with van der Waals surface area (Å²) in [7, 11) is 0. The van der Waals surface area contributed by atoms with Gasteiger partial charge in [-0.1, -0.05) is 0 Å². The first-order valence-electron chi connectivity index (χ1n) is 8.33. The summed E-state index contributed by atoms with van der Waals surface area (Å²) < 4.78 is 1.59. The van der Waals surface area contributed by atoms with Gasteiger partial charge in [-0.15, -0.1) is 5.10 Å². The Morgan fingerprint density at radius 1 is 1.16 bits per heavy atom. The Hall–Kier alpha value is -3.03. The third-order valence-electron chi connectivity index (χ3n) is 4.22. The summed E-state index contributed by atoms with van der Waals surface area (Å²) in [6, 6.07) is 5.57. The lowest BCUT2D eigenvalue weighted by Crippen LogP contribution is -2.21. The fourth-order valence-corrected chi connectivity index (χ4v) is 3.09. The minimum absolute atomic E-state index is 0.295. The molecular weight excluding hydrogens is 318 g/mol. The van der Waals surface area contributed by atoms with Crippen LogP contribution in [-0.2, 0) is 0 Å². The number of amides is 1. The van der Waals surface area contributed by atoms with E-state index in [0.717, 1.165) is 24.6 Å². The number of anilines is 2. The van der Waals surface area contributed by atoms with Crippen molar-refractivity contribution in [1.82, 2.24) is 24.6 Å². The second-order valence-electron chi connectivity index (χ2n) is 6.20. The minimum Gasteiger partial charge on any atom is -0.355 e. The predicted molar refractivity (Wildman–Crippen MR) is 93.9 cm³/mol. The lowest BCUT2D eigenvalue weighted by Gasteiger charge is -2.16. The van der Waals surface area contributed by atoms with Crippen molar-refractivity contribution < 1.29 is 4.79 Å². The van der Waals surface area contributed by atoms with Crippen LogP contribution in [0.3, 0.4) is 0 Å². The number of hydrogen-bond donors (Lipinski definition) is 1. The molecule has 0 aromatic carbocycles. The molecule has 1 aliphatic heterocycles. The van der Waals surface area contributed by atoms with E-state index in [1.54, 1.807) is 17.5 Å². The number of carbonyl (C=O) groups is 1. The van der Waals surface area contributed by atoms with Gasteiger partial charge >= 0.3 is 0 Å². The van der Waals surface area contributed by atoms with Gasteiger partial charge in [0.2, 0.25) is 0 Å². The van der Waals surface area contributed by atoms with Crippen LogP contribution in [0, 0.1) is 13.8 Å². The van der Waals surface area contributed by atoms with E-state index in [0.29, 0.717) is 23.0 Å². The Balaban J connectivity index is 1.65. The molecular formula is C17H19N7O. The van der Waals surface area contributed by atoms with Crippen LogP contribution < -0.4 is 10.2 Å². The fraction of sp³-hybridized carbons (Fsp3) is 0.353. The van der Waals surface area contributed by atoms with E-state index in [4.69, 9.17) is 0 Å². The molecule has 4 heterocycles. The van der Waals surface area contributed by atoms with E-state index in [1.165, 1.54) is 19.0 Å². The molecule has 3 aromatic rings. The Labute approximate surface area is 144 Å². The molecule has 0 atom stereocenters.